The van der Waals surface area contributed by atoms with Gasteiger partial charge in [-0.25, -0.2) is 4.98 Å². The molecule has 2 heterocycles. The third-order valence-electron chi connectivity index (χ3n) is 6.51. The fourth-order valence-corrected chi connectivity index (χ4v) is 4.28. The molecule has 1 atom stereocenters. The lowest BCUT2D eigenvalue weighted by atomic mass is 10.1. The number of nitrogens with one attached hydrogen (secondary N) is 1. The number of hydrogen-bond donors (Lipinski definition) is 1. The monoisotopic (exact) mass is 506 g/mol. The first-order chi connectivity index (χ1) is 17.9. The van der Waals surface area contributed by atoms with E-state index in [9.17, 15) is 9.59 Å². The molecule has 4 rings (SSSR count). The van der Waals surface area contributed by atoms with Crippen LogP contribution >= 0.6 is 0 Å². The number of ether oxygens (including phenoxy) is 3. The maximum absolute atomic E-state index is 13.2. The normalized spacial score (nSPS) is 15.0. The smallest absolute Gasteiger partial charge is 0.249 e. The van der Waals surface area contributed by atoms with E-state index in [1.54, 1.807) is 7.11 Å². The molecule has 1 N–H and O–H groups in total. The van der Waals surface area contributed by atoms with Gasteiger partial charge in [-0.3, -0.25) is 19.5 Å². The van der Waals surface area contributed by atoms with E-state index in [2.05, 4.69) is 18.3 Å². The number of carbonyl (C=O) groups excluding carboxylic acids is 2. The Kier molecular flexibility index (Phi) is 8.58. The van der Waals surface area contributed by atoms with Gasteiger partial charge in [0.2, 0.25) is 17.8 Å². The summed E-state index contributed by atoms with van der Waals surface area (Å²) >= 11 is 0. The molecule has 196 valence electrons. The van der Waals surface area contributed by atoms with E-state index in [0.717, 1.165) is 35.4 Å². The Hall–Kier alpha value is -3.69. The van der Waals surface area contributed by atoms with Gasteiger partial charge in [0, 0.05) is 37.7 Å². The van der Waals surface area contributed by atoms with Crippen LogP contribution in [0, 0.1) is 13.8 Å². The highest BCUT2D eigenvalue weighted by Gasteiger charge is 2.25. The Morgan fingerprint density at radius 2 is 1.92 bits per heavy atom. The molecule has 0 saturated carbocycles. The van der Waals surface area contributed by atoms with Crippen molar-refractivity contribution in [2.45, 2.75) is 32.8 Å². The molecular weight excluding hydrogens is 472 g/mol. The molecule has 1 unspecified atom stereocenters. The molecule has 2 amide bonds. The molecule has 1 fully saturated rings. The minimum absolute atomic E-state index is 0.0761. The molecule has 3 aromatic rings. The van der Waals surface area contributed by atoms with Gasteiger partial charge in [0.15, 0.2) is 0 Å². The summed E-state index contributed by atoms with van der Waals surface area (Å²) in [6.45, 7) is 4.89. The van der Waals surface area contributed by atoms with E-state index in [1.165, 1.54) is 17.6 Å². The molecule has 9 heteroatoms. The number of imidazole rings is 1. The number of aromatic nitrogens is 2. The lowest BCUT2D eigenvalue weighted by Crippen LogP contribution is -2.44. The number of rotatable bonds is 10. The third-order valence-corrected chi connectivity index (χ3v) is 6.51. The van der Waals surface area contributed by atoms with Crippen LogP contribution in [0.5, 0.6) is 5.75 Å². The zero-order valence-electron chi connectivity index (χ0n) is 21.8. The summed E-state index contributed by atoms with van der Waals surface area (Å²) in [4.78, 5) is 32.1. The highest BCUT2D eigenvalue weighted by atomic mass is 16.5. The summed E-state index contributed by atoms with van der Waals surface area (Å²) in [5.74, 6) is 0.511. The molecule has 0 spiro atoms. The van der Waals surface area contributed by atoms with Gasteiger partial charge in [0.1, 0.15) is 18.9 Å². The highest BCUT2D eigenvalue weighted by Crippen LogP contribution is 2.27. The van der Waals surface area contributed by atoms with Crippen molar-refractivity contribution < 1.29 is 23.8 Å². The molecule has 1 saturated heterocycles. The van der Waals surface area contributed by atoms with Crippen molar-refractivity contribution >= 4 is 17.8 Å². The number of methoxy groups -OCH3 is 2. The molecule has 37 heavy (non-hydrogen) atoms. The first-order valence-electron chi connectivity index (χ1n) is 12.4. The predicted octanol–water partition coefficient (Wildman–Crippen LogP) is 3.76. The molecule has 9 nitrogen and oxygen atoms in total. The number of hydrogen-bond acceptors (Lipinski definition) is 6. The number of benzene rings is 2. The van der Waals surface area contributed by atoms with Crippen LogP contribution in [0.15, 0.2) is 48.7 Å². The minimum atomic E-state index is -0.348. The van der Waals surface area contributed by atoms with Gasteiger partial charge in [-0.2, -0.15) is 0 Å². The second-order valence-electron chi connectivity index (χ2n) is 9.21. The molecule has 0 radical (unpaired) electrons. The molecule has 1 aliphatic rings. The van der Waals surface area contributed by atoms with Crippen molar-refractivity contribution in [1.29, 1.82) is 0 Å². The second-order valence-corrected chi connectivity index (χ2v) is 9.21. The quantitative estimate of drug-likeness (QED) is 0.450. The Morgan fingerprint density at radius 1 is 1.14 bits per heavy atom. The first-order valence-corrected chi connectivity index (χ1v) is 12.4. The highest BCUT2D eigenvalue weighted by molar-refractivity contribution is 5.94. The Balaban J connectivity index is 1.60. The second kappa shape index (κ2) is 12.0. The molecule has 0 bridgehead atoms. The summed E-state index contributed by atoms with van der Waals surface area (Å²) in [5.41, 5.74) is 4.75. The Labute approximate surface area is 217 Å². The van der Waals surface area contributed by atoms with Gasteiger partial charge < -0.3 is 19.1 Å². The van der Waals surface area contributed by atoms with Crippen LogP contribution < -0.4 is 10.1 Å². The number of aryl methyl sites for hydroxylation is 2. The van der Waals surface area contributed by atoms with Gasteiger partial charge in [-0.05, 0) is 74.2 Å². The summed E-state index contributed by atoms with van der Waals surface area (Å²) in [6, 6.07) is 13.7. The van der Waals surface area contributed by atoms with Gasteiger partial charge in [0.05, 0.1) is 18.9 Å². The topological polar surface area (TPSA) is 94.9 Å². The zero-order valence-corrected chi connectivity index (χ0v) is 21.8. The summed E-state index contributed by atoms with van der Waals surface area (Å²) in [5, 5.41) is 2.92. The largest absolute Gasteiger partial charge is 0.497 e. The Morgan fingerprint density at radius 3 is 2.57 bits per heavy atom. The number of nitrogens with zero attached hydrogens (tertiary/aromatic N) is 3. The van der Waals surface area contributed by atoms with E-state index in [0.29, 0.717) is 24.8 Å². The van der Waals surface area contributed by atoms with Crippen molar-refractivity contribution in [1.82, 2.24) is 14.5 Å². The number of anilines is 1. The minimum Gasteiger partial charge on any atom is -0.497 e. The van der Waals surface area contributed by atoms with Gasteiger partial charge in [0.25, 0.3) is 0 Å². The number of carbonyl (C=O) groups is 2. The maximum Gasteiger partial charge on any atom is 0.249 e. The van der Waals surface area contributed by atoms with Crippen LogP contribution in [0.1, 0.15) is 24.0 Å². The van der Waals surface area contributed by atoms with Gasteiger partial charge in [-0.1, -0.05) is 6.07 Å². The van der Waals surface area contributed by atoms with Crippen molar-refractivity contribution in [2.75, 3.05) is 45.8 Å². The summed E-state index contributed by atoms with van der Waals surface area (Å²) < 4.78 is 17.8. The van der Waals surface area contributed by atoms with Crippen LogP contribution in [0.3, 0.4) is 0 Å². The van der Waals surface area contributed by atoms with Crippen LogP contribution in [-0.4, -0.2) is 72.9 Å². The predicted molar refractivity (Wildman–Crippen MR) is 141 cm³/mol. The average Bonchev–Trinajstić information content (AvgIpc) is 3.56. The fraction of sp³-hybridized carbons (Fsp3) is 0.393. The number of amides is 2. The lowest BCUT2D eigenvalue weighted by Gasteiger charge is -2.24. The van der Waals surface area contributed by atoms with Crippen LogP contribution in [0.2, 0.25) is 0 Å². The van der Waals surface area contributed by atoms with E-state index in [4.69, 9.17) is 19.2 Å². The molecule has 2 aromatic carbocycles. The maximum atomic E-state index is 13.2. The first kappa shape index (κ1) is 26.4. The molecule has 1 aliphatic heterocycles. The van der Waals surface area contributed by atoms with Gasteiger partial charge in [-0.15, -0.1) is 0 Å². The van der Waals surface area contributed by atoms with E-state index < -0.39 is 0 Å². The van der Waals surface area contributed by atoms with E-state index in [1.807, 2.05) is 54.1 Å². The van der Waals surface area contributed by atoms with Gasteiger partial charge >= 0.3 is 0 Å². The molecule has 1 aromatic heterocycles. The Bertz CT molecular complexity index is 1230. The van der Waals surface area contributed by atoms with Crippen molar-refractivity contribution in [3.63, 3.8) is 0 Å². The van der Waals surface area contributed by atoms with Crippen molar-refractivity contribution in [3.05, 3.63) is 59.8 Å². The van der Waals surface area contributed by atoms with Crippen molar-refractivity contribution in [2.24, 2.45) is 0 Å². The van der Waals surface area contributed by atoms with Crippen LogP contribution in [-0.2, 0) is 19.1 Å². The SMILES string of the molecule is COCC(=O)N(CC(=O)Nc1nc(-c2ccc(OC)cc2)cn1-c1ccc(C)c(C)c1)CC1CCCO1. The summed E-state index contributed by atoms with van der Waals surface area (Å²) in [6.07, 6.45) is 3.63. The average molecular weight is 507 g/mol. The van der Waals surface area contributed by atoms with Crippen molar-refractivity contribution in [3.8, 4) is 22.7 Å². The fourth-order valence-electron chi connectivity index (χ4n) is 4.28. The van der Waals surface area contributed by atoms with E-state index >= 15 is 0 Å². The third kappa shape index (κ3) is 6.55. The lowest BCUT2D eigenvalue weighted by molar-refractivity contribution is -0.139. The zero-order chi connectivity index (χ0) is 26.4. The van der Waals surface area contributed by atoms with Crippen LogP contribution in [0.25, 0.3) is 16.9 Å². The van der Waals surface area contributed by atoms with E-state index in [-0.39, 0.29) is 31.1 Å². The standard InChI is InChI=1S/C28H34N4O5/c1-19-7-10-22(14-20(19)2)32-16-25(21-8-11-23(36-4)12-9-21)29-28(32)30-26(33)17-31(27(34)18-35-3)15-24-6-5-13-37-24/h7-12,14,16,24H,5-6,13,15,17-18H2,1-4H3,(H,29,30,33). The van der Waals surface area contributed by atoms with Crippen LogP contribution in [0.4, 0.5) is 5.95 Å². The molecule has 0 aliphatic carbocycles. The molecular formula is C28H34N4O5. The summed E-state index contributed by atoms with van der Waals surface area (Å²) in [7, 11) is 3.08.